The van der Waals surface area contributed by atoms with E-state index in [-0.39, 0.29) is 5.91 Å². The lowest BCUT2D eigenvalue weighted by Gasteiger charge is -2.29. The Labute approximate surface area is 100 Å². The highest BCUT2D eigenvalue weighted by Gasteiger charge is 2.18. The smallest absolute Gasteiger partial charge is 0.307 e. The third kappa shape index (κ3) is 2.30. The molecule has 1 aromatic carbocycles. The van der Waals surface area contributed by atoms with E-state index in [1.165, 1.54) is 11.3 Å². The molecule has 0 spiro atoms. The minimum atomic E-state index is -0.179. The quantitative estimate of drug-likeness (QED) is 0.760. The van der Waals surface area contributed by atoms with E-state index in [1.54, 1.807) is 24.2 Å². The minimum absolute atomic E-state index is 0.179. The highest BCUT2D eigenvalue weighted by Crippen LogP contribution is 2.14. The van der Waals surface area contributed by atoms with E-state index in [9.17, 15) is 4.79 Å². The molecule has 0 saturated heterocycles. The average Bonchev–Trinajstić information content (AvgIpc) is 2.91. The topological polar surface area (TPSA) is 36.7 Å². The molecule has 0 aliphatic rings. The van der Waals surface area contributed by atoms with Crippen LogP contribution in [0.2, 0.25) is 0 Å². The SMILES string of the molecule is CN(C(=O)c1ccco1)N(C)c1ccccc1. The van der Waals surface area contributed by atoms with Crippen LogP contribution in [0.5, 0.6) is 0 Å². The molecule has 1 aromatic heterocycles. The summed E-state index contributed by atoms with van der Waals surface area (Å²) in [7, 11) is 3.54. The van der Waals surface area contributed by atoms with Crippen LogP contribution in [-0.4, -0.2) is 25.0 Å². The van der Waals surface area contributed by atoms with E-state index in [4.69, 9.17) is 4.42 Å². The summed E-state index contributed by atoms with van der Waals surface area (Å²) in [6, 6.07) is 13.0. The van der Waals surface area contributed by atoms with Gasteiger partial charge in [-0.25, -0.2) is 0 Å². The van der Waals surface area contributed by atoms with E-state index in [2.05, 4.69) is 0 Å². The number of anilines is 1. The number of furan rings is 1. The van der Waals surface area contributed by atoms with Gasteiger partial charge in [0, 0.05) is 14.1 Å². The number of hydrogen-bond acceptors (Lipinski definition) is 3. The van der Waals surface area contributed by atoms with Gasteiger partial charge in [-0.3, -0.25) is 14.8 Å². The van der Waals surface area contributed by atoms with Crippen molar-refractivity contribution in [2.75, 3.05) is 19.1 Å². The van der Waals surface area contributed by atoms with Crippen molar-refractivity contribution in [3.05, 3.63) is 54.5 Å². The minimum Gasteiger partial charge on any atom is -0.459 e. The lowest BCUT2D eigenvalue weighted by atomic mass is 10.3. The molecule has 0 aliphatic carbocycles. The first-order chi connectivity index (χ1) is 8.20. The largest absolute Gasteiger partial charge is 0.459 e. The Kier molecular flexibility index (Phi) is 3.14. The first-order valence-corrected chi connectivity index (χ1v) is 5.30. The first kappa shape index (κ1) is 11.3. The molecule has 88 valence electrons. The van der Waals surface area contributed by atoms with E-state index in [1.807, 2.05) is 37.4 Å². The van der Waals surface area contributed by atoms with Crippen LogP contribution in [0.25, 0.3) is 0 Å². The normalized spacial score (nSPS) is 10.0. The van der Waals surface area contributed by atoms with Gasteiger partial charge in [0.15, 0.2) is 5.76 Å². The Bertz CT molecular complexity index is 479. The van der Waals surface area contributed by atoms with E-state index in [0.29, 0.717) is 5.76 Å². The van der Waals surface area contributed by atoms with Crippen molar-refractivity contribution >= 4 is 11.6 Å². The van der Waals surface area contributed by atoms with Crippen LogP contribution >= 0.6 is 0 Å². The highest BCUT2D eigenvalue weighted by molar-refractivity contribution is 5.92. The van der Waals surface area contributed by atoms with Crippen LogP contribution < -0.4 is 5.01 Å². The number of carbonyl (C=O) groups is 1. The van der Waals surface area contributed by atoms with Gasteiger partial charge in [-0.05, 0) is 24.3 Å². The van der Waals surface area contributed by atoms with E-state index >= 15 is 0 Å². The number of rotatable bonds is 3. The summed E-state index contributed by atoms with van der Waals surface area (Å²) in [6.45, 7) is 0. The van der Waals surface area contributed by atoms with Crippen molar-refractivity contribution in [3.8, 4) is 0 Å². The van der Waals surface area contributed by atoms with Gasteiger partial charge in [-0.2, -0.15) is 0 Å². The summed E-state index contributed by atoms with van der Waals surface area (Å²) in [5.74, 6) is 0.150. The number of amides is 1. The van der Waals surface area contributed by atoms with Crippen LogP contribution in [0, 0.1) is 0 Å². The molecule has 1 amide bonds. The third-order valence-corrected chi connectivity index (χ3v) is 2.61. The van der Waals surface area contributed by atoms with Gasteiger partial charge in [0.1, 0.15) is 0 Å². The van der Waals surface area contributed by atoms with E-state index in [0.717, 1.165) is 5.69 Å². The van der Waals surface area contributed by atoms with Gasteiger partial charge in [0.05, 0.1) is 12.0 Å². The standard InChI is InChI=1S/C13H14N2O2/c1-14(11-7-4-3-5-8-11)15(2)13(16)12-9-6-10-17-12/h3-10H,1-2H3. The number of nitrogens with zero attached hydrogens (tertiary/aromatic N) is 2. The van der Waals surface area contributed by atoms with Crippen molar-refractivity contribution in [3.63, 3.8) is 0 Å². The molecule has 17 heavy (non-hydrogen) atoms. The monoisotopic (exact) mass is 230 g/mol. The van der Waals surface area contributed by atoms with Crippen LogP contribution in [0.1, 0.15) is 10.6 Å². The number of benzene rings is 1. The molecule has 0 bridgehead atoms. The molecule has 0 fully saturated rings. The number of para-hydroxylation sites is 1. The third-order valence-electron chi connectivity index (χ3n) is 2.61. The van der Waals surface area contributed by atoms with Crippen molar-refractivity contribution in [1.82, 2.24) is 5.01 Å². The average molecular weight is 230 g/mol. The van der Waals surface area contributed by atoms with Crippen molar-refractivity contribution in [1.29, 1.82) is 0 Å². The maximum atomic E-state index is 12.0. The molecule has 2 rings (SSSR count). The maximum Gasteiger partial charge on any atom is 0.307 e. The van der Waals surface area contributed by atoms with Gasteiger partial charge in [-0.1, -0.05) is 18.2 Å². The Hall–Kier alpha value is -2.23. The summed E-state index contributed by atoms with van der Waals surface area (Å²) in [5, 5.41) is 3.28. The second kappa shape index (κ2) is 4.74. The Morgan fingerprint density at radius 1 is 1.06 bits per heavy atom. The lowest BCUT2D eigenvalue weighted by molar-refractivity contribution is 0.0755. The Morgan fingerprint density at radius 3 is 2.35 bits per heavy atom. The summed E-state index contributed by atoms with van der Waals surface area (Å²) in [6.07, 6.45) is 1.49. The Morgan fingerprint density at radius 2 is 1.76 bits per heavy atom. The fourth-order valence-electron chi connectivity index (χ4n) is 1.51. The fraction of sp³-hybridized carbons (Fsp3) is 0.154. The molecule has 1 heterocycles. The highest BCUT2D eigenvalue weighted by atomic mass is 16.3. The Balaban J connectivity index is 2.15. The predicted molar refractivity (Wildman–Crippen MR) is 65.6 cm³/mol. The van der Waals surface area contributed by atoms with Crippen molar-refractivity contribution in [2.24, 2.45) is 0 Å². The van der Waals surface area contributed by atoms with Crippen LogP contribution in [0.15, 0.2) is 53.1 Å². The van der Waals surface area contributed by atoms with Gasteiger partial charge in [0.25, 0.3) is 0 Å². The summed E-state index contributed by atoms with van der Waals surface area (Å²) in [4.78, 5) is 12.0. The molecule has 0 aliphatic heterocycles. The zero-order valence-electron chi connectivity index (χ0n) is 9.83. The van der Waals surface area contributed by atoms with Gasteiger partial charge in [-0.15, -0.1) is 0 Å². The summed E-state index contributed by atoms with van der Waals surface area (Å²) in [5.41, 5.74) is 0.940. The van der Waals surface area contributed by atoms with Crippen molar-refractivity contribution < 1.29 is 9.21 Å². The van der Waals surface area contributed by atoms with Gasteiger partial charge < -0.3 is 4.42 Å². The molecule has 0 N–H and O–H groups in total. The summed E-state index contributed by atoms with van der Waals surface area (Å²) < 4.78 is 5.08. The van der Waals surface area contributed by atoms with Crippen LogP contribution in [0.4, 0.5) is 5.69 Å². The van der Waals surface area contributed by atoms with Crippen LogP contribution in [-0.2, 0) is 0 Å². The second-order valence-electron chi connectivity index (χ2n) is 3.67. The molecular formula is C13H14N2O2. The first-order valence-electron chi connectivity index (χ1n) is 5.30. The molecule has 0 atom stereocenters. The zero-order chi connectivity index (χ0) is 12.3. The zero-order valence-corrected chi connectivity index (χ0v) is 9.83. The summed E-state index contributed by atoms with van der Waals surface area (Å²) >= 11 is 0. The molecular weight excluding hydrogens is 216 g/mol. The number of carbonyl (C=O) groups excluding carboxylic acids is 1. The molecule has 4 nitrogen and oxygen atoms in total. The second-order valence-corrected chi connectivity index (χ2v) is 3.67. The number of hydrazine groups is 1. The predicted octanol–water partition coefficient (Wildman–Crippen LogP) is 2.40. The maximum absolute atomic E-state index is 12.0. The molecule has 4 heteroatoms. The van der Waals surface area contributed by atoms with E-state index < -0.39 is 0 Å². The fourth-order valence-corrected chi connectivity index (χ4v) is 1.51. The number of hydrogen-bond donors (Lipinski definition) is 0. The van der Waals surface area contributed by atoms with Crippen molar-refractivity contribution in [2.45, 2.75) is 0 Å². The molecule has 2 aromatic rings. The lowest BCUT2D eigenvalue weighted by Crippen LogP contribution is -2.41. The molecule has 0 radical (unpaired) electrons. The van der Waals surface area contributed by atoms with Crippen LogP contribution in [0.3, 0.4) is 0 Å². The molecule has 0 saturated carbocycles. The molecule has 0 unspecified atom stereocenters. The van der Waals surface area contributed by atoms with Gasteiger partial charge in [0.2, 0.25) is 0 Å². The van der Waals surface area contributed by atoms with Gasteiger partial charge >= 0.3 is 5.91 Å².